The van der Waals surface area contributed by atoms with Gasteiger partial charge in [0.25, 0.3) is 0 Å². The van der Waals surface area contributed by atoms with Crippen LogP contribution in [-0.4, -0.2) is 23.7 Å². The minimum atomic E-state index is -0.536. The van der Waals surface area contributed by atoms with Crippen LogP contribution in [0.1, 0.15) is 17.5 Å². The highest BCUT2D eigenvalue weighted by Crippen LogP contribution is 2.22. The van der Waals surface area contributed by atoms with E-state index in [4.69, 9.17) is 0 Å². The van der Waals surface area contributed by atoms with Gasteiger partial charge in [-0.05, 0) is 29.7 Å². The minimum absolute atomic E-state index is 0.00620. The second kappa shape index (κ2) is 5.47. The summed E-state index contributed by atoms with van der Waals surface area (Å²) in [6, 6.07) is 18.3. The van der Waals surface area contributed by atoms with Crippen molar-refractivity contribution < 1.29 is 9.90 Å². The molecule has 1 fully saturated rings. The van der Waals surface area contributed by atoms with Gasteiger partial charge in [0, 0.05) is 5.69 Å². The highest BCUT2D eigenvalue weighted by molar-refractivity contribution is 5.96. The summed E-state index contributed by atoms with van der Waals surface area (Å²) in [6.45, 7) is 0.400. The Hall–Kier alpha value is -2.13. The van der Waals surface area contributed by atoms with E-state index in [9.17, 15) is 9.90 Å². The largest absolute Gasteiger partial charge is 0.391 e. The molecule has 1 atom stereocenters. The van der Waals surface area contributed by atoms with Crippen LogP contribution in [0.2, 0.25) is 0 Å². The lowest BCUT2D eigenvalue weighted by Gasteiger charge is -2.16. The van der Waals surface area contributed by atoms with Crippen LogP contribution < -0.4 is 4.90 Å². The van der Waals surface area contributed by atoms with Crippen LogP contribution in [0.3, 0.4) is 0 Å². The number of carbonyl (C=O) groups excluding carboxylic acids is 1. The van der Waals surface area contributed by atoms with E-state index >= 15 is 0 Å². The molecule has 3 rings (SSSR count). The smallest absolute Gasteiger partial charge is 0.229 e. The van der Waals surface area contributed by atoms with Crippen LogP contribution in [-0.2, 0) is 11.2 Å². The molecule has 0 spiro atoms. The number of aliphatic hydroxyl groups excluding tert-OH is 1. The third kappa shape index (κ3) is 2.73. The first-order valence-electron chi connectivity index (χ1n) is 6.83. The normalized spacial score (nSPS) is 18.6. The molecular weight excluding hydrogens is 250 g/mol. The van der Waals surface area contributed by atoms with Crippen molar-refractivity contribution in [2.75, 3.05) is 11.4 Å². The first-order chi connectivity index (χ1) is 9.72. The Balaban J connectivity index is 1.73. The van der Waals surface area contributed by atoms with Gasteiger partial charge in [-0.3, -0.25) is 4.79 Å². The number of β-amino-alcohol motifs (C(OH)–C–C–N with tert-alkyl or cyclic N) is 1. The van der Waals surface area contributed by atoms with Crippen LogP contribution in [0.15, 0.2) is 54.6 Å². The van der Waals surface area contributed by atoms with Crippen LogP contribution in [0, 0.1) is 0 Å². The van der Waals surface area contributed by atoms with Gasteiger partial charge >= 0.3 is 0 Å². The molecule has 3 nitrogen and oxygen atoms in total. The summed E-state index contributed by atoms with van der Waals surface area (Å²) < 4.78 is 0. The second-order valence-electron chi connectivity index (χ2n) is 5.19. The monoisotopic (exact) mass is 267 g/mol. The number of hydrogen-bond acceptors (Lipinski definition) is 2. The fourth-order valence-electron chi connectivity index (χ4n) is 2.56. The van der Waals surface area contributed by atoms with Crippen molar-refractivity contribution >= 4 is 11.6 Å². The van der Waals surface area contributed by atoms with Crippen LogP contribution >= 0.6 is 0 Å². The molecular formula is C17H17NO2. The van der Waals surface area contributed by atoms with Crippen molar-refractivity contribution in [2.45, 2.75) is 18.9 Å². The molecule has 102 valence electrons. The number of anilines is 1. The quantitative estimate of drug-likeness (QED) is 0.927. The van der Waals surface area contributed by atoms with E-state index in [2.05, 4.69) is 12.1 Å². The lowest BCUT2D eigenvalue weighted by Crippen LogP contribution is -2.25. The standard InChI is InChI=1S/C17H17NO2/c19-16-11-17(20)18(12-16)15-8-6-14(7-9-15)10-13-4-2-1-3-5-13/h1-9,16,19H,10-12H2. The Morgan fingerprint density at radius 2 is 1.65 bits per heavy atom. The zero-order valence-corrected chi connectivity index (χ0v) is 11.2. The summed E-state index contributed by atoms with van der Waals surface area (Å²) in [5.41, 5.74) is 3.35. The molecule has 1 heterocycles. The van der Waals surface area contributed by atoms with Gasteiger partial charge in [-0.15, -0.1) is 0 Å². The summed E-state index contributed by atoms with van der Waals surface area (Å²) in [5.74, 6) is -0.00620. The maximum atomic E-state index is 11.7. The van der Waals surface area contributed by atoms with Crippen molar-refractivity contribution in [3.8, 4) is 0 Å². The lowest BCUT2D eigenvalue weighted by atomic mass is 10.0. The minimum Gasteiger partial charge on any atom is -0.391 e. The molecule has 1 unspecified atom stereocenters. The Morgan fingerprint density at radius 3 is 2.25 bits per heavy atom. The van der Waals surface area contributed by atoms with E-state index in [-0.39, 0.29) is 12.3 Å². The number of hydrogen-bond donors (Lipinski definition) is 1. The van der Waals surface area contributed by atoms with Gasteiger partial charge in [0.15, 0.2) is 0 Å². The molecule has 0 saturated carbocycles. The predicted molar refractivity (Wildman–Crippen MR) is 78.7 cm³/mol. The van der Waals surface area contributed by atoms with Gasteiger partial charge in [0.2, 0.25) is 5.91 Å². The summed E-state index contributed by atoms with van der Waals surface area (Å²) in [7, 11) is 0. The first-order valence-corrected chi connectivity index (χ1v) is 6.83. The lowest BCUT2D eigenvalue weighted by molar-refractivity contribution is -0.117. The Morgan fingerprint density at radius 1 is 1.00 bits per heavy atom. The van der Waals surface area contributed by atoms with E-state index in [0.29, 0.717) is 6.54 Å². The number of aliphatic hydroxyl groups is 1. The Bertz CT molecular complexity index is 592. The molecule has 0 bridgehead atoms. The summed E-state index contributed by atoms with van der Waals surface area (Å²) >= 11 is 0. The van der Waals surface area contributed by atoms with Crippen molar-refractivity contribution in [3.05, 3.63) is 65.7 Å². The van der Waals surface area contributed by atoms with Gasteiger partial charge in [0.1, 0.15) is 0 Å². The fourth-order valence-corrected chi connectivity index (χ4v) is 2.56. The van der Waals surface area contributed by atoms with Crippen molar-refractivity contribution in [1.29, 1.82) is 0 Å². The van der Waals surface area contributed by atoms with Gasteiger partial charge in [-0.2, -0.15) is 0 Å². The van der Waals surface area contributed by atoms with E-state index in [0.717, 1.165) is 12.1 Å². The maximum absolute atomic E-state index is 11.7. The van der Waals surface area contributed by atoms with Crippen LogP contribution in [0.25, 0.3) is 0 Å². The maximum Gasteiger partial charge on any atom is 0.229 e. The van der Waals surface area contributed by atoms with Crippen molar-refractivity contribution in [2.24, 2.45) is 0 Å². The molecule has 3 heteroatoms. The van der Waals surface area contributed by atoms with E-state index < -0.39 is 6.10 Å². The summed E-state index contributed by atoms with van der Waals surface area (Å²) in [6.07, 6.45) is 0.579. The third-order valence-corrected chi connectivity index (χ3v) is 3.60. The number of carbonyl (C=O) groups is 1. The van der Waals surface area contributed by atoms with Gasteiger partial charge in [-0.1, -0.05) is 42.5 Å². The number of rotatable bonds is 3. The predicted octanol–water partition coefficient (Wildman–Crippen LogP) is 2.38. The molecule has 1 amide bonds. The topological polar surface area (TPSA) is 40.5 Å². The highest BCUT2D eigenvalue weighted by atomic mass is 16.3. The van der Waals surface area contributed by atoms with Gasteiger partial charge in [-0.25, -0.2) is 0 Å². The molecule has 1 aliphatic heterocycles. The molecule has 1 N–H and O–H groups in total. The van der Waals surface area contributed by atoms with Crippen LogP contribution in [0.5, 0.6) is 0 Å². The molecule has 0 radical (unpaired) electrons. The summed E-state index contributed by atoms with van der Waals surface area (Å²) in [4.78, 5) is 13.4. The summed E-state index contributed by atoms with van der Waals surface area (Å²) in [5, 5.41) is 9.52. The zero-order chi connectivity index (χ0) is 13.9. The van der Waals surface area contributed by atoms with Gasteiger partial charge in [0.05, 0.1) is 19.1 Å². The first kappa shape index (κ1) is 12.9. The number of benzene rings is 2. The molecule has 1 saturated heterocycles. The average Bonchev–Trinajstić information content (AvgIpc) is 2.80. The molecule has 2 aromatic rings. The highest BCUT2D eigenvalue weighted by Gasteiger charge is 2.28. The van der Waals surface area contributed by atoms with E-state index in [1.807, 2.05) is 42.5 Å². The SMILES string of the molecule is O=C1CC(O)CN1c1ccc(Cc2ccccc2)cc1. The Labute approximate surface area is 118 Å². The molecule has 20 heavy (non-hydrogen) atoms. The van der Waals surface area contributed by atoms with Gasteiger partial charge < -0.3 is 10.0 Å². The molecule has 1 aliphatic rings. The third-order valence-electron chi connectivity index (χ3n) is 3.60. The Kier molecular flexibility index (Phi) is 3.52. The van der Waals surface area contributed by atoms with Crippen molar-refractivity contribution in [1.82, 2.24) is 0 Å². The molecule has 2 aromatic carbocycles. The second-order valence-corrected chi connectivity index (χ2v) is 5.19. The van der Waals surface area contributed by atoms with Crippen molar-refractivity contribution in [3.63, 3.8) is 0 Å². The fraction of sp³-hybridized carbons (Fsp3) is 0.235. The average molecular weight is 267 g/mol. The number of nitrogens with zero attached hydrogens (tertiary/aromatic N) is 1. The van der Waals surface area contributed by atoms with Crippen LogP contribution in [0.4, 0.5) is 5.69 Å². The molecule has 0 aromatic heterocycles. The van der Waals surface area contributed by atoms with E-state index in [1.165, 1.54) is 11.1 Å². The molecule has 0 aliphatic carbocycles. The number of amides is 1. The van der Waals surface area contributed by atoms with E-state index in [1.54, 1.807) is 4.90 Å². The zero-order valence-electron chi connectivity index (χ0n) is 11.2.